The van der Waals surface area contributed by atoms with Crippen molar-refractivity contribution in [3.05, 3.63) is 36.2 Å². The van der Waals surface area contributed by atoms with Gasteiger partial charge in [-0.1, -0.05) is 32.1 Å². The molecule has 2 aliphatic rings. The molecule has 0 spiro atoms. The summed E-state index contributed by atoms with van der Waals surface area (Å²) in [6, 6.07) is 0. The molecule has 2 rings (SSSR count). The quantitative estimate of drug-likeness (QED) is 0.609. The van der Waals surface area contributed by atoms with E-state index in [9.17, 15) is 9.59 Å². The monoisotopic (exact) mass is 375 g/mol. The molecule has 6 heteroatoms. The second kappa shape index (κ2) is 9.33. The summed E-state index contributed by atoms with van der Waals surface area (Å²) in [6.45, 7) is 14.0. The van der Waals surface area contributed by atoms with Crippen LogP contribution in [0.3, 0.4) is 0 Å². The van der Waals surface area contributed by atoms with E-state index in [0.29, 0.717) is 25.3 Å². The molecule has 0 saturated carbocycles. The van der Waals surface area contributed by atoms with E-state index in [2.05, 4.69) is 25.3 Å². The number of Topliss-reactive ketones (excluding diaryl/α,β-unsaturated/α-hetero) is 1. The molecule has 0 atom stereocenters. The van der Waals surface area contributed by atoms with Crippen molar-refractivity contribution in [1.82, 2.24) is 14.7 Å². The molecular weight excluding hydrogens is 342 g/mol. The smallest absolute Gasteiger partial charge is 0.246 e. The van der Waals surface area contributed by atoms with Gasteiger partial charge in [-0.15, -0.1) is 0 Å². The molecule has 2 heterocycles. The molecule has 0 aliphatic carbocycles. The normalized spacial score (nSPS) is 20.9. The zero-order chi connectivity index (χ0) is 20.0. The third-order valence-corrected chi connectivity index (χ3v) is 5.17. The highest BCUT2D eigenvalue weighted by atomic mass is 16.5. The van der Waals surface area contributed by atoms with Crippen LogP contribution in [0.4, 0.5) is 0 Å². The highest BCUT2D eigenvalue weighted by Crippen LogP contribution is 2.23. The molecule has 0 N–H and O–H groups in total. The minimum absolute atomic E-state index is 0.00672. The number of likely N-dealkylation sites (tertiary alicyclic amines) is 1. The number of allylic oxidation sites excluding steroid dienone is 2. The molecular formula is C21H33N3O3. The first-order valence-corrected chi connectivity index (χ1v) is 9.69. The summed E-state index contributed by atoms with van der Waals surface area (Å²) in [5, 5.41) is 0. The Morgan fingerprint density at radius 1 is 1.30 bits per heavy atom. The second-order valence-corrected chi connectivity index (χ2v) is 7.64. The number of hydrogen-bond acceptors (Lipinski definition) is 5. The van der Waals surface area contributed by atoms with Crippen LogP contribution in [0.1, 0.15) is 33.6 Å². The largest absolute Gasteiger partial charge is 0.376 e. The van der Waals surface area contributed by atoms with Crippen molar-refractivity contribution in [3.63, 3.8) is 0 Å². The maximum absolute atomic E-state index is 12.5. The van der Waals surface area contributed by atoms with E-state index < -0.39 is 0 Å². The van der Waals surface area contributed by atoms with Gasteiger partial charge < -0.3 is 14.5 Å². The average molecular weight is 376 g/mol. The van der Waals surface area contributed by atoms with Crippen molar-refractivity contribution in [2.24, 2.45) is 0 Å². The van der Waals surface area contributed by atoms with Gasteiger partial charge in [-0.05, 0) is 13.3 Å². The van der Waals surface area contributed by atoms with E-state index >= 15 is 0 Å². The number of carbonyl (C=O) groups is 2. The number of ether oxygens (including phenoxy) is 1. The molecule has 27 heavy (non-hydrogen) atoms. The molecule has 0 radical (unpaired) electrons. The van der Waals surface area contributed by atoms with E-state index in [0.717, 1.165) is 38.2 Å². The topological polar surface area (TPSA) is 53.1 Å². The van der Waals surface area contributed by atoms with Gasteiger partial charge in [0.25, 0.3) is 0 Å². The Kier molecular flexibility index (Phi) is 7.39. The van der Waals surface area contributed by atoms with Gasteiger partial charge in [-0.25, -0.2) is 0 Å². The van der Waals surface area contributed by atoms with Crippen LogP contribution in [-0.4, -0.2) is 78.4 Å². The van der Waals surface area contributed by atoms with E-state index in [-0.39, 0.29) is 17.3 Å². The number of piperazine rings is 1. The zero-order valence-corrected chi connectivity index (χ0v) is 17.2. The Bertz CT molecular complexity index is 633. The van der Waals surface area contributed by atoms with Gasteiger partial charge in [0.05, 0.1) is 17.8 Å². The Balaban J connectivity index is 1.84. The van der Waals surface area contributed by atoms with Crippen molar-refractivity contribution >= 4 is 11.7 Å². The standard InChI is InChI=1S/C21H33N3O3/c1-6-7-9-19(18(3)25)24-13-12-23(14-17(24)2)20(26)10-8-11-22-15-21(4,16-22)27-5/h8-10H,2,6-7,11-16H2,1,3-5H3/b10-8+,19-9-. The van der Waals surface area contributed by atoms with Crippen LogP contribution in [0.15, 0.2) is 36.2 Å². The van der Waals surface area contributed by atoms with Crippen molar-refractivity contribution in [3.8, 4) is 0 Å². The third kappa shape index (κ3) is 5.53. The molecule has 0 aromatic rings. The Morgan fingerprint density at radius 2 is 2.00 bits per heavy atom. The first-order chi connectivity index (χ1) is 12.8. The fourth-order valence-corrected chi connectivity index (χ4v) is 3.53. The Hall–Kier alpha value is -1.92. The number of unbranched alkanes of at least 4 members (excludes halogenated alkanes) is 1. The van der Waals surface area contributed by atoms with E-state index in [4.69, 9.17) is 4.74 Å². The minimum Gasteiger partial charge on any atom is -0.376 e. The fourth-order valence-electron chi connectivity index (χ4n) is 3.53. The predicted molar refractivity (Wildman–Crippen MR) is 107 cm³/mol. The second-order valence-electron chi connectivity index (χ2n) is 7.64. The van der Waals surface area contributed by atoms with Gasteiger partial charge in [0.2, 0.25) is 5.91 Å². The summed E-state index contributed by atoms with van der Waals surface area (Å²) in [6.07, 6.45) is 7.39. The number of ketones is 1. The summed E-state index contributed by atoms with van der Waals surface area (Å²) in [5.41, 5.74) is 1.44. The highest BCUT2D eigenvalue weighted by molar-refractivity contribution is 5.93. The molecule has 6 nitrogen and oxygen atoms in total. The van der Waals surface area contributed by atoms with Crippen molar-refractivity contribution in [2.75, 3.05) is 46.4 Å². The fraction of sp³-hybridized carbons (Fsp3) is 0.619. The molecule has 0 unspecified atom stereocenters. The van der Waals surface area contributed by atoms with Crippen LogP contribution >= 0.6 is 0 Å². The van der Waals surface area contributed by atoms with E-state index in [1.165, 1.54) is 0 Å². The predicted octanol–water partition coefficient (Wildman–Crippen LogP) is 2.19. The van der Waals surface area contributed by atoms with Crippen molar-refractivity contribution in [1.29, 1.82) is 0 Å². The first-order valence-electron chi connectivity index (χ1n) is 9.69. The lowest BCUT2D eigenvalue weighted by atomic mass is 9.97. The third-order valence-electron chi connectivity index (χ3n) is 5.17. The van der Waals surface area contributed by atoms with Gasteiger partial charge in [-0.3, -0.25) is 14.5 Å². The lowest BCUT2D eigenvalue weighted by molar-refractivity contribution is -0.126. The molecule has 2 aliphatic heterocycles. The zero-order valence-electron chi connectivity index (χ0n) is 17.2. The molecule has 150 valence electrons. The molecule has 2 fully saturated rings. The van der Waals surface area contributed by atoms with Crippen LogP contribution in [0, 0.1) is 0 Å². The molecule has 0 aromatic heterocycles. The maximum atomic E-state index is 12.5. The molecule has 1 amide bonds. The van der Waals surface area contributed by atoms with E-state index in [1.54, 1.807) is 25.0 Å². The summed E-state index contributed by atoms with van der Waals surface area (Å²) in [7, 11) is 1.73. The van der Waals surface area contributed by atoms with Crippen molar-refractivity contribution < 1.29 is 14.3 Å². The average Bonchev–Trinajstić information content (AvgIpc) is 2.60. The SMILES string of the molecule is C=C1CN(C(=O)/C=C/CN2CC(C)(OC)C2)CCN1/C(=C\CCC)C(C)=O. The number of amides is 1. The van der Waals surface area contributed by atoms with Gasteiger partial charge in [-0.2, -0.15) is 0 Å². The molecule has 2 saturated heterocycles. The van der Waals surface area contributed by atoms with Gasteiger partial charge >= 0.3 is 0 Å². The summed E-state index contributed by atoms with van der Waals surface area (Å²) >= 11 is 0. The number of carbonyl (C=O) groups excluding carboxylic acids is 2. The van der Waals surface area contributed by atoms with Crippen LogP contribution in [0.2, 0.25) is 0 Å². The Morgan fingerprint density at radius 3 is 2.56 bits per heavy atom. The van der Waals surface area contributed by atoms with Crippen LogP contribution < -0.4 is 0 Å². The number of nitrogens with zero attached hydrogens (tertiary/aromatic N) is 3. The number of hydrogen-bond donors (Lipinski definition) is 0. The lowest BCUT2D eigenvalue weighted by Gasteiger charge is -2.46. The lowest BCUT2D eigenvalue weighted by Crippen LogP contribution is -2.60. The van der Waals surface area contributed by atoms with Gasteiger partial charge in [0.15, 0.2) is 5.78 Å². The van der Waals surface area contributed by atoms with E-state index in [1.807, 2.05) is 17.1 Å². The maximum Gasteiger partial charge on any atom is 0.246 e. The van der Waals surface area contributed by atoms with Crippen LogP contribution in [0.5, 0.6) is 0 Å². The van der Waals surface area contributed by atoms with Crippen molar-refractivity contribution in [2.45, 2.75) is 39.2 Å². The highest BCUT2D eigenvalue weighted by Gasteiger charge is 2.37. The summed E-state index contributed by atoms with van der Waals surface area (Å²) in [5.74, 6) is 0.0367. The van der Waals surface area contributed by atoms with Gasteiger partial charge in [0, 0.05) is 58.5 Å². The minimum atomic E-state index is -0.0500. The van der Waals surface area contributed by atoms with Crippen LogP contribution in [0.25, 0.3) is 0 Å². The first kappa shape index (κ1) is 21.4. The number of methoxy groups -OCH3 is 1. The van der Waals surface area contributed by atoms with Crippen LogP contribution in [-0.2, 0) is 14.3 Å². The van der Waals surface area contributed by atoms with Gasteiger partial charge in [0.1, 0.15) is 0 Å². The molecule has 0 aromatic carbocycles. The molecule has 0 bridgehead atoms. The Labute approximate surface area is 163 Å². The summed E-state index contributed by atoms with van der Waals surface area (Å²) in [4.78, 5) is 30.4. The number of rotatable bonds is 8. The summed E-state index contributed by atoms with van der Waals surface area (Å²) < 4.78 is 5.43.